The first-order chi connectivity index (χ1) is 10.7. The number of amides is 1. The fourth-order valence-electron chi connectivity index (χ4n) is 2.80. The number of fused-ring (bicyclic) bond motifs is 1. The van der Waals surface area contributed by atoms with Crippen molar-refractivity contribution in [2.24, 2.45) is 0 Å². The third kappa shape index (κ3) is 2.92. The van der Waals surface area contributed by atoms with Gasteiger partial charge in [-0.25, -0.2) is 0 Å². The predicted molar refractivity (Wildman–Crippen MR) is 86.2 cm³/mol. The van der Waals surface area contributed by atoms with Crippen LogP contribution in [0.3, 0.4) is 0 Å². The van der Waals surface area contributed by atoms with E-state index in [2.05, 4.69) is 9.88 Å². The van der Waals surface area contributed by atoms with Crippen LogP contribution in [0.25, 0.3) is 10.9 Å². The molecule has 2 heterocycles. The number of hydrogen-bond donors (Lipinski definition) is 1. The fraction of sp³-hybridized carbons (Fsp3) is 0.375. The van der Waals surface area contributed by atoms with E-state index in [4.69, 9.17) is 16.7 Å². The summed E-state index contributed by atoms with van der Waals surface area (Å²) in [7, 11) is 0. The summed E-state index contributed by atoms with van der Waals surface area (Å²) >= 11 is 6.18. The maximum atomic E-state index is 12.8. The van der Waals surface area contributed by atoms with Crippen molar-refractivity contribution in [2.45, 2.75) is 0 Å². The van der Waals surface area contributed by atoms with Crippen molar-refractivity contribution in [3.63, 3.8) is 0 Å². The Balaban J connectivity index is 1.83. The van der Waals surface area contributed by atoms with Crippen LogP contribution in [-0.2, 0) is 0 Å². The Bertz CT molecular complexity index is 684. The molecule has 1 N–H and O–H groups in total. The number of aliphatic hydroxyl groups is 1. The highest BCUT2D eigenvalue weighted by Gasteiger charge is 2.23. The number of halogens is 1. The van der Waals surface area contributed by atoms with Crippen LogP contribution in [0.1, 0.15) is 10.4 Å². The van der Waals surface area contributed by atoms with Gasteiger partial charge in [-0.2, -0.15) is 0 Å². The standard InChI is InChI=1S/C16H18ClN3O2/c17-14-4-3-13(15-12(14)2-1-5-18-15)16(22)20-8-6-19(7-9-20)10-11-21/h1-5,21H,6-11H2. The number of aromatic nitrogens is 1. The number of nitrogens with zero attached hydrogens (tertiary/aromatic N) is 3. The summed E-state index contributed by atoms with van der Waals surface area (Å²) in [5.41, 5.74) is 1.24. The zero-order valence-electron chi connectivity index (χ0n) is 12.2. The Hall–Kier alpha value is -1.69. The van der Waals surface area contributed by atoms with Crippen molar-refractivity contribution in [3.8, 4) is 0 Å². The van der Waals surface area contributed by atoms with Crippen molar-refractivity contribution in [1.29, 1.82) is 0 Å². The van der Waals surface area contributed by atoms with E-state index in [1.807, 2.05) is 17.0 Å². The lowest BCUT2D eigenvalue weighted by Crippen LogP contribution is -2.49. The number of piperazine rings is 1. The molecule has 2 aromatic rings. The molecule has 0 saturated carbocycles. The van der Waals surface area contributed by atoms with Gasteiger partial charge in [0.2, 0.25) is 0 Å². The molecule has 22 heavy (non-hydrogen) atoms. The number of benzene rings is 1. The molecule has 0 spiro atoms. The van der Waals surface area contributed by atoms with Gasteiger partial charge in [-0.3, -0.25) is 14.7 Å². The summed E-state index contributed by atoms with van der Waals surface area (Å²) in [6.07, 6.45) is 1.68. The van der Waals surface area contributed by atoms with E-state index >= 15 is 0 Å². The highest BCUT2D eigenvalue weighted by molar-refractivity contribution is 6.36. The lowest BCUT2D eigenvalue weighted by atomic mass is 10.1. The summed E-state index contributed by atoms with van der Waals surface area (Å²) < 4.78 is 0. The molecule has 1 saturated heterocycles. The van der Waals surface area contributed by atoms with Crippen molar-refractivity contribution in [1.82, 2.24) is 14.8 Å². The molecule has 1 aliphatic heterocycles. The molecule has 3 rings (SSSR count). The van der Waals surface area contributed by atoms with Crippen LogP contribution in [0.2, 0.25) is 5.02 Å². The smallest absolute Gasteiger partial charge is 0.256 e. The second-order valence-electron chi connectivity index (χ2n) is 5.35. The van der Waals surface area contributed by atoms with Crippen molar-refractivity contribution in [2.75, 3.05) is 39.3 Å². The van der Waals surface area contributed by atoms with Crippen LogP contribution in [0.4, 0.5) is 0 Å². The molecular formula is C16H18ClN3O2. The van der Waals surface area contributed by atoms with E-state index in [0.29, 0.717) is 35.7 Å². The molecule has 1 amide bonds. The van der Waals surface area contributed by atoms with Crippen molar-refractivity contribution < 1.29 is 9.90 Å². The van der Waals surface area contributed by atoms with Gasteiger partial charge in [0.1, 0.15) is 0 Å². The van der Waals surface area contributed by atoms with Gasteiger partial charge in [0.05, 0.1) is 22.7 Å². The molecular weight excluding hydrogens is 302 g/mol. The monoisotopic (exact) mass is 319 g/mol. The molecule has 1 aromatic heterocycles. The van der Waals surface area contributed by atoms with E-state index in [1.54, 1.807) is 18.3 Å². The first-order valence-corrected chi connectivity index (χ1v) is 7.74. The third-order valence-electron chi connectivity index (χ3n) is 4.02. The van der Waals surface area contributed by atoms with Crippen LogP contribution in [0.15, 0.2) is 30.5 Å². The maximum absolute atomic E-state index is 12.8. The molecule has 1 aromatic carbocycles. The van der Waals surface area contributed by atoms with Crippen LogP contribution in [0.5, 0.6) is 0 Å². The number of aliphatic hydroxyl groups excluding tert-OH is 1. The normalized spacial score (nSPS) is 16.2. The van der Waals surface area contributed by atoms with Gasteiger partial charge in [-0.1, -0.05) is 11.6 Å². The zero-order valence-corrected chi connectivity index (χ0v) is 13.0. The fourth-order valence-corrected chi connectivity index (χ4v) is 3.01. The summed E-state index contributed by atoms with van der Waals surface area (Å²) in [5.74, 6) is -0.0102. The highest BCUT2D eigenvalue weighted by atomic mass is 35.5. The van der Waals surface area contributed by atoms with Gasteiger partial charge in [-0.05, 0) is 24.3 Å². The average molecular weight is 320 g/mol. The molecule has 0 aliphatic carbocycles. The molecule has 116 valence electrons. The number of carbonyl (C=O) groups is 1. The van der Waals surface area contributed by atoms with E-state index in [0.717, 1.165) is 18.5 Å². The minimum Gasteiger partial charge on any atom is -0.395 e. The maximum Gasteiger partial charge on any atom is 0.256 e. The van der Waals surface area contributed by atoms with Gasteiger partial charge in [-0.15, -0.1) is 0 Å². The number of hydrogen-bond acceptors (Lipinski definition) is 4. The van der Waals surface area contributed by atoms with Crippen molar-refractivity contribution >= 4 is 28.4 Å². The molecule has 0 radical (unpaired) electrons. The van der Waals surface area contributed by atoms with Crippen LogP contribution < -0.4 is 0 Å². The molecule has 5 nitrogen and oxygen atoms in total. The number of β-amino-alcohol motifs (C(OH)–C–C–N with tert-alkyl or cyclic N) is 1. The van der Waals surface area contributed by atoms with Gasteiger partial charge in [0.25, 0.3) is 5.91 Å². The number of carbonyl (C=O) groups excluding carboxylic acids is 1. The van der Waals surface area contributed by atoms with Crippen LogP contribution in [-0.4, -0.2) is 65.1 Å². The minimum atomic E-state index is -0.0102. The Morgan fingerprint density at radius 1 is 1.23 bits per heavy atom. The predicted octanol–water partition coefficient (Wildman–Crippen LogP) is 1.64. The third-order valence-corrected chi connectivity index (χ3v) is 4.35. The van der Waals surface area contributed by atoms with E-state index in [9.17, 15) is 4.79 Å². The lowest BCUT2D eigenvalue weighted by Gasteiger charge is -2.34. The van der Waals surface area contributed by atoms with E-state index in [1.165, 1.54) is 0 Å². The van der Waals surface area contributed by atoms with Gasteiger partial charge < -0.3 is 10.0 Å². The molecule has 1 fully saturated rings. The number of pyridine rings is 1. The summed E-state index contributed by atoms with van der Waals surface area (Å²) in [6, 6.07) is 7.19. The topological polar surface area (TPSA) is 56.7 Å². The molecule has 0 unspecified atom stereocenters. The van der Waals surface area contributed by atoms with Gasteiger partial charge >= 0.3 is 0 Å². The van der Waals surface area contributed by atoms with Crippen molar-refractivity contribution in [3.05, 3.63) is 41.0 Å². The Kier molecular flexibility index (Phi) is 4.57. The number of rotatable bonds is 3. The van der Waals surface area contributed by atoms with Gasteiger partial charge in [0, 0.05) is 44.3 Å². The SMILES string of the molecule is O=C(c1ccc(Cl)c2cccnc12)N1CCN(CCO)CC1. The molecule has 0 atom stereocenters. The van der Waals surface area contributed by atoms with Crippen LogP contribution >= 0.6 is 11.6 Å². The zero-order chi connectivity index (χ0) is 15.5. The first-order valence-electron chi connectivity index (χ1n) is 7.36. The second kappa shape index (κ2) is 6.60. The average Bonchev–Trinajstić information content (AvgIpc) is 2.56. The van der Waals surface area contributed by atoms with Crippen LogP contribution in [0, 0.1) is 0 Å². The Labute approximate surface area is 134 Å². The second-order valence-corrected chi connectivity index (χ2v) is 5.76. The quantitative estimate of drug-likeness (QED) is 0.934. The van der Waals surface area contributed by atoms with Gasteiger partial charge in [0.15, 0.2) is 0 Å². The van der Waals surface area contributed by atoms with E-state index in [-0.39, 0.29) is 12.5 Å². The summed E-state index contributed by atoms with van der Waals surface area (Å²) in [6.45, 7) is 3.70. The summed E-state index contributed by atoms with van der Waals surface area (Å²) in [4.78, 5) is 21.1. The van der Waals surface area contributed by atoms with E-state index < -0.39 is 0 Å². The molecule has 0 bridgehead atoms. The largest absolute Gasteiger partial charge is 0.395 e. The Morgan fingerprint density at radius 3 is 2.73 bits per heavy atom. The summed E-state index contributed by atoms with van der Waals surface area (Å²) in [5, 5.41) is 10.4. The Morgan fingerprint density at radius 2 is 2.00 bits per heavy atom. The lowest BCUT2D eigenvalue weighted by molar-refractivity contribution is 0.0616. The molecule has 1 aliphatic rings. The first kappa shape index (κ1) is 15.2. The minimum absolute atomic E-state index is 0.0102. The molecule has 6 heteroatoms. The highest BCUT2D eigenvalue weighted by Crippen LogP contribution is 2.25.